The Morgan fingerprint density at radius 3 is 2.86 bits per heavy atom. The fraction of sp³-hybridized carbons (Fsp3) is 0.812. The molecule has 1 aliphatic carbocycles. The van der Waals surface area contributed by atoms with Gasteiger partial charge in [0.25, 0.3) is 0 Å². The molecule has 5 heteroatoms. The molecule has 2 heterocycles. The number of hydrogen-bond acceptors (Lipinski definition) is 5. The highest BCUT2D eigenvalue weighted by Gasteiger charge is 2.34. The van der Waals surface area contributed by atoms with Crippen molar-refractivity contribution >= 4 is 16.5 Å². The monoisotopic (exact) mass is 308 g/mol. The summed E-state index contributed by atoms with van der Waals surface area (Å²) in [6.45, 7) is 6.84. The molecule has 1 fully saturated rings. The molecule has 2 unspecified atom stereocenters. The smallest absolute Gasteiger partial charge is 0.185 e. The van der Waals surface area contributed by atoms with Crippen LogP contribution in [0.3, 0.4) is 0 Å². The minimum absolute atomic E-state index is 0.171. The van der Waals surface area contributed by atoms with Crippen molar-refractivity contribution in [3.63, 3.8) is 0 Å². The number of likely N-dealkylation sites (N-methyl/N-ethyl adjacent to an activating group) is 1. The maximum absolute atomic E-state index is 6.38. The van der Waals surface area contributed by atoms with Crippen LogP contribution in [0, 0.1) is 5.41 Å². The van der Waals surface area contributed by atoms with Crippen LogP contribution < -0.4 is 10.6 Å². The van der Waals surface area contributed by atoms with Crippen LogP contribution in [0.1, 0.15) is 49.7 Å². The van der Waals surface area contributed by atoms with Crippen LogP contribution in [-0.2, 0) is 6.42 Å². The van der Waals surface area contributed by atoms with Gasteiger partial charge in [-0.2, -0.15) is 0 Å². The molecular formula is C16H28N4S. The summed E-state index contributed by atoms with van der Waals surface area (Å²) in [4.78, 5) is 11.1. The van der Waals surface area contributed by atoms with E-state index >= 15 is 0 Å². The number of anilines is 1. The van der Waals surface area contributed by atoms with Gasteiger partial charge in [-0.15, -0.1) is 0 Å². The first kappa shape index (κ1) is 15.3. The molecular weight excluding hydrogens is 280 g/mol. The van der Waals surface area contributed by atoms with Crippen LogP contribution in [0.5, 0.6) is 0 Å². The van der Waals surface area contributed by atoms with Crippen molar-refractivity contribution in [3.05, 3.63) is 10.6 Å². The van der Waals surface area contributed by atoms with Gasteiger partial charge >= 0.3 is 0 Å². The number of piperidine rings is 1. The highest BCUT2D eigenvalue weighted by Crippen LogP contribution is 2.44. The zero-order valence-corrected chi connectivity index (χ0v) is 14.5. The molecule has 2 atom stereocenters. The normalized spacial score (nSPS) is 28.8. The number of nitrogens with two attached hydrogens (primary N) is 1. The summed E-state index contributed by atoms with van der Waals surface area (Å²) < 4.78 is 0. The fourth-order valence-electron chi connectivity index (χ4n) is 3.67. The molecule has 3 rings (SSSR count). The minimum Gasteiger partial charge on any atom is -0.347 e. The third-order valence-corrected chi connectivity index (χ3v) is 6.16. The number of nitrogens with zero attached hydrogens (tertiary/aromatic N) is 3. The van der Waals surface area contributed by atoms with Gasteiger partial charge in [-0.1, -0.05) is 25.2 Å². The van der Waals surface area contributed by atoms with Crippen molar-refractivity contribution in [2.45, 2.75) is 51.6 Å². The summed E-state index contributed by atoms with van der Waals surface area (Å²) in [6.07, 6.45) is 4.69. The first-order valence-corrected chi connectivity index (χ1v) is 8.84. The highest BCUT2D eigenvalue weighted by atomic mass is 32.1. The molecule has 4 nitrogen and oxygen atoms in total. The zero-order chi connectivity index (χ0) is 15.2. The lowest BCUT2D eigenvalue weighted by Gasteiger charge is -2.35. The van der Waals surface area contributed by atoms with Crippen molar-refractivity contribution in [3.8, 4) is 0 Å². The van der Waals surface area contributed by atoms with Crippen molar-refractivity contribution in [1.82, 2.24) is 9.88 Å². The van der Waals surface area contributed by atoms with Gasteiger partial charge in [0.2, 0.25) is 0 Å². The topological polar surface area (TPSA) is 45.4 Å². The number of hydrogen-bond donors (Lipinski definition) is 1. The van der Waals surface area contributed by atoms with E-state index in [1.54, 1.807) is 0 Å². The first-order valence-electron chi connectivity index (χ1n) is 8.02. The minimum atomic E-state index is 0.171. The molecule has 0 radical (unpaired) electrons. The maximum atomic E-state index is 6.38. The molecule has 1 aromatic heterocycles. The van der Waals surface area contributed by atoms with Gasteiger partial charge in [0.1, 0.15) is 0 Å². The van der Waals surface area contributed by atoms with E-state index in [0.29, 0.717) is 6.04 Å². The van der Waals surface area contributed by atoms with Gasteiger partial charge in [0.05, 0.1) is 5.69 Å². The lowest BCUT2D eigenvalue weighted by molar-refractivity contribution is 0.258. The van der Waals surface area contributed by atoms with Crippen LogP contribution in [0.2, 0.25) is 0 Å². The van der Waals surface area contributed by atoms with Crippen LogP contribution in [0.15, 0.2) is 0 Å². The number of aromatic nitrogens is 1. The molecule has 0 spiro atoms. The Kier molecular flexibility index (Phi) is 4.01. The van der Waals surface area contributed by atoms with Gasteiger partial charge in [-0.25, -0.2) is 4.98 Å². The summed E-state index contributed by atoms with van der Waals surface area (Å²) in [6, 6.07) is 0.814. The lowest BCUT2D eigenvalue weighted by atomic mass is 9.77. The summed E-state index contributed by atoms with van der Waals surface area (Å²) in [5.41, 5.74) is 7.92. The second-order valence-corrected chi connectivity index (χ2v) is 8.67. The average molecular weight is 308 g/mol. The SMILES string of the molecule is CN(C)C1CCCN(c2nc3c(s2)C(N)CC(C)(C)C3)C1. The van der Waals surface area contributed by atoms with E-state index in [0.717, 1.165) is 25.9 Å². The molecule has 2 N–H and O–H groups in total. The van der Waals surface area contributed by atoms with E-state index in [1.165, 1.54) is 28.5 Å². The number of fused-ring (bicyclic) bond motifs is 1. The molecule has 118 valence electrons. The van der Waals surface area contributed by atoms with E-state index in [9.17, 15) is 0 Å². The molecule has 1 aliphatic heterocycles. The van der Waals surface area contributed by atoms with Crippen molar-refractivity contribution in [1.29, 1.82) is 0 Å². The predicted octanol–water partition coefficient (Wildman–Crippen LogP) is 2.65. The molecule has 0 amide bonds. The third-order valence-electron chi connectivity index (χ3n) is 4.87. The van der Waals surface area contributed by atoms with Gasteiger partial charge < -0.3 is 15.5 Å². The second-order valence-electron chi connectivity index (χ2n) is 7.66. The predicted molar refractivity (Wildman–Crippen MR) is 90.1 cm³/mol. The molecule has 1 saturated heterocycles. The molecule has 0 aromatic carbocycles. The molecule has 0 bridgehead atoms. The Hall–Kier alpha value is -0.650. The number of rotatable bonds is 2. The number of thiazole rings is 1. The lowest BCUT2D eigenvalue weighted by Crippen LogP contribution is -2.45. The summed E-state index contributed by atoms with van der Waals surface area (Å²) in [5, 5.41) is 1.19. The van der Waals surface area contributed by atoms with Crippen LogP contribution in [-0.4, -0.2) is 43.1 Å². The Bertz CT molecular complexity index is 508. The van der Waals surface area contributed by atoms with E-state index < -0.39 is 0 Å². The van der Waals surface area contributed by atoms with Crippen molar-refractivity contribution in [2.75, 3.05) is 32.1 Å². The molecule has 0 saturated carbocycles. The average Bonchev–Trinajstić information content (AvgIpc) is 2.81. The van der Waals surface area contributed by atoms with Gasteiger partial charge in [0, 0.05) is 30.1 Å². The van der Waals surface area contributed by atoms with Crippen LogP contribution >= 0.6 is 11.3 Å². The van der Waals surface area contributed by atoms with Gasteiger partial charge in [0.15, 0.2) is 5.13 Å². The van der Waals surface area contributed by atoms with E-state index in [1.807, 2.05) is 11.3 Å². The Morgan fingerprint density at radius 1 is 1.38 bits per heavy atom. The molecule has 21 heavy (non-hydrogen) atoms. The van der Waals surface area contributed by atoms with Crippen LogP contribution in [0.25, 0.3) is 0 Å². The van der Waals surface area contributed by atoms with E-state index in [-0.39, 0.29) is 11.5 Å². The van der Waals surface area contributed by atoms with E-state index in [2.05, 4.69) is 37.7 Å². The van der Waals surface area contributed by atoms with Gasteiger partial charge in [-0.3, -0.25) is 0 Å². The van der Waals surface area contributed by atoms with Crippen molar-refractivity contribution in [2.24, 2.45) is 11.1 Å². The molecule has 1 aromatic rings. The summed E-state index contributed by atoms with van der Waals surface area (Å²) >= 11 is 1.84. The Balaban J connectivity index is 1.81. The standard InChI is InChI=1S/C16H28N4S/c1-16(2)8-12(17)14-13(9-16)18-15(21-14)20-7-5-6-11(10-20)19(3)4/h11-12H,5-10,17H2,1-4H3. The molecule has 2 aliphatic rings. The zero-order valence-electron chi connectivity index (χ0n) is 13.7. The summed E-state index contributed by atoms with van der Waals surface area (Å²) in [7, 11) is 4.36. The van der Waals surface area contributed by atoms with Crippen LogP contribution in [0.4, 0.5) is 5.13 Å². The third kappa shape index (κ3) is 3.10. The quantitative estimate of drug-likeness (QED) is 0.912. The first-order chi connectivity index (χ1) is 9.85. The second kappa shape index (κ2) is 5.52. The van der Waals surface area contributed by atoms with Crippen molar-refractivity contribution < 1.29 is 0 Å². The van der Waals surface area contributed by atoms with E-state index in [4.69, 9.17) is 10.7 Å². The maximum Gasteiger partial charge on any atom is 0.185 e. The Morgan fingerprint density at radius 2 is 2.14 bits per heavy atom. The Labute approximate surface area is 132 Å². The highest BCUT2D eigenvalue weighted by molar-refractivity contribution is 7.15. The summed E-state index contributed by atoms with van der Waals surface area (Å²) in [5.74, 6) is 0. The fourth-order valence-corrected chi connectivity index (χ4v) is 4.78. The van der Waals surface area contributed by atoms with Gasteiger partial charge in [-0.05, 0) is 45.2 Å². The largest absolute Gasteiger partial charge is 0.347 e.